The molecule has 4 rings (SSSR count). The molecule has 1 aromatic heterocycles. The fraction of sp³-hybridized carbons (Fsp3) is 0.273. The van der Waals surface area contributed by atoms with Crippen molar-refractivity contribution in [1.29, 1.82) is 0 Å². The van der Waals surface area contributed by atoms with Gasteiger partial charge in [0.25, 0.3) is 0 Å². The van der Waals surface area contributed by atoms with Crippen LogP contribution in [0.15, 0.2) is 60.7 Å². The van der Waals surface area contributed by atoms with Crippen molar-refractivity contribution in [2.24, 2.45) is 0 Å². The summed E-state index contributed by atoms with van der Waals surface area (Å²) in [6.45, 7) is 3.97. The Labute approximate surface area is 159 Å². The Morgan fingerprint density at radius 3 is 2.37 bits per heavy atom. The number of amides is 2. The number of nitrogens with zero attached hydrogens (tertiary/aromatic N) is 2. The third-order valence-corrected chi connectivity index (χ3v) is 5.28. The van der Waals surface area contributed by atoms with Crippen LogP contribution in [0.3, 0.4) is 0 Å². The third-order valence-electron chi connectivity index (χ3n) is 5.28. The Kier molecular flexibility index (Phi) is 4.44. The Morgan fingerprint density at radius 1 is 1.04 bits per heavy atom. The fourth-order valence-electron chi connectivity index (χ4n) is 3.78. The molecule has 0 spiro atoms. The molecule has 138 valence electrons. The molecule has 0 unspecified atom stereocenters. The number of hydrogen-bond acceptors (Lipinski definition) is 2. The lowest BCUT2D eigenvalue weighted by molar-refractivity contribution is 0.185. The first-order chi connectivity index (χ1) is 13.1. The largest absolute Gasteiger partial charge is 0.328 e. The second kappa shape index (κ2) is 6.91. The van der Waals surface area contributed by atoms with Crippen LogP contribution in [0, 0.1) is 13.8 Å². The van der Waals surface area contributed by atoms with E-state index in [1.54, 1.807) is 0 Å². The number of carbonyl (C=O) groups is 1. The van der Waals surface area contributed by atoms with Crippen LogP contribution in [-0.2, 0) is 5.54 Å². The maximum Gasteiger partial charge on any atom is 0.319 e. The summed E-state index contributed by atoms with van der Waals surface area (Å²) in [6.07, 6.45) is 3.05. The van der Waals surface area contributed by atoms with Crippen molar-refractivity contribution < 1.29 is 4.79 Å². The van der Waals surface area contributed by atoms with Gasteiger partial charge in [-0.1, -0.05) is 42.5 Å². The van der Waals surface area contributed by atoms with Crippen LogP contribution in [0.5, 0.6) is 0 Å². The first kappa shape index (κ1) is 17.3. The Morgan fingerprint density at radius 2 is 1.74 bits per heavy atom. The molecule has 0 bridgehead atoms. The molecule has 27 heavy (non-hydrogen) atoms. The minimum absolute atomic E-state index is 0.187. The predicted molar refractivity (Wildman–Crippen MR) is 107 cm³/mol. The molecule has 5 nitrogen and oxygen atoms in total. The summed E-state index contributed by atoms with van der Waals surface area (Å²) in [5, 5.41) is 10.8. The van der Waals surface area contributed by atoms with Crippen molar-refractivity contribution in [3.05, 3.63) is 77.6 Å². The lowest BCUT2D eigenvalue weighted by atomic mass is 9.72. The zero-order valence-electron chi connectivity index (χ0n) is 15.7. The minimum atomic E-state index is -0.265. The highest BCUT2D eigenvalue weighted by Gasteiger charge is 2.40. The highest BCUT2D eigenvalue weighted by molar-refractivity contribution is 5.92. The molecule has 1 saturated carbocycles. The molecule has 2 aromatic carbocycles. The number of hydrogen-bond donors (Lipinski definition) is 2. The van der Waals surface area contributed by atoms with Gasteiger partial charge < -0.3 is 10.6 Å². The standard InChI is InChI=1S/C22H24N4O/c1-16-15-17(2)26(25-16)20-12-7-6-11-19(20)23-21(27)24-22(13-8-14-22)18-9-4-3-5-10-18/h3-7,9-12,15H,8,13-14H2,1-2H3,(H2,23,24,27). The molecule has 1 fully saturated rings. The van der Waals surface area contributed by atoms with E-state index in [0.717, 1.165) is 42.0 Å². The van der Waals surface area contributed by atoms with Crippen LogP contribution in [0.1, 0.15) is 36.2 Å². The average Bonchev–Trinajstić information content (AvgIpc) is 2.97. The van der Waals surface area contributed by atoms with Gasteiger partial charge in [0.2, 0.25) is 0 Å². The highest BCUT2D eigenvalue weighted by Crippen LogP contribution is 2.41. The lowest BCUT2D eigenvalue weighted by Gasteiger charge is -2.43. The maximum atomic E-state index is 12.8. The van der Waals surface area contributed by atoms with Crippen LogP contribution in [0.4, 0.5) is 10.5 Å². The Hall–Kier alpha value is -3.08. The van der Waals surface area contributed by atoms with E-state index in [2.05, 4.69) is 27.9 Å². The van der Waals surface area contributed by atoms with Gasteiger partial charge in [-0.15, -0.1) is 0 Å². The number of aromatic nitrogens is 2. The fourth-order valence-corrected chi connectivity index (χ4v) is 3.78. The molecule has 2 N–H and O–H groups in total. The van der Waals surface area contributed by atoms with E-state index in [1.807, 2.05) is 67.1 Å². The normalized spacial score (nSPS) is 15.0. The zero-order valence-corrected chi connectivity index (χ0v) is 15.7. The molecular weight excluding hydrogens is 336 g/mol. The Bertz CT molecular complexity index is 957. The molecule has 5 heteroatoms. The molecule has 1 aliphatic carbocycles. The van der Waals surface area contributed by atoms with Crippen molar-refractivity contribution >= 4 is 11.7 Å². The SMILES string of the molecule is Cc1cc(C)n(-c2ccccc2NC(=O)NC2(c3ccccc3)CCC2)n1. The zero-order chi connectivity index (χ0) is 18.9. The topological polar surface area (TPSA) is 59.0 Å². The van der Waals surface area contributed by atoms with E-state index < -0.39 is 0 Å². The number of aryl methyl sites for hydroxylation is 2. The monoisotopic (exact) mass is 360 g/mol. The van der Waals surface area contributed by atoms with E-state index in [4.69, 9.17) is 0 Å². The summed E-state index contributed by atoms with van der Waals surface area (Å²) >= 11 is 0. The van der Waals surface area contributed by atoms with Crippen molar-refractivity contribution in [2.45, 2.75) is 38.6 Å². The number of benzene rings is 2. The molecule has 1 aliphatic rings. The first-order valence-electron chi connectivity index (χ1n) is 9.35. The molecule has 0 aliphatic heterocycles. The molecule has 3 aromatic rings. The van der Waals surface area contributed by atoms with E-state index in [1.165, 1.54) is 5.56 Å². The lowest BCUT2D eigenvalue weighted by Crippen LogP contribution is -2.52. The van der Waals surface area contributed by atoms with Gasteiger partial charge in [0.15, 0.2) is 0 Å². The van der Waals surface area contributed by atoms with Crippen LogP contribution in [0.2, 0.25) is 0 Å². The van der Waals surface area contributed by atoms with E-state index in [9.17, 15) is 4.79 Å². The van der Waals surface area contributed by atoms with Crippen molar-refractivity contribution in [2.75, 3.05) is 5.32 Å². The smallest absolute Gasteiger partial charge is 0.319 e. The first-order valence-corrected chi connectivity index (χ1v) is 9.35. The molecule has 2 amide bonds. The number of nitrogens with one attached hydrogen (secondary N) is 2. The molecule has 0 saturated heterocycles. The summed E-state index contributed by atoms with van der Waals surface area (Å²) in [6, 6.07) is 19.8. The predicted octanol–water partition coefficient (Wildman–Crippen LogP) is 4.69. The summed E-state index contributed by atoms with van der Waals surface area (Å²) in [7, 11) is 0. The molecule has 0 atom stereocenters. The van der Waals surface area contributed by atoms with Gasteiger partial charge >= 0.3 is 6.03 Å². The molecular formula is C22H24N4O. The average molecular weight is 360 g/mol. The number of para-hydroxylation sites is 2. The molecule has 0 radical (unpaired) electrons. The van der Waals surface area contributed by atoms with Gasteiger partial charge in [0, 0.05) is 5.69 Å². The van der Waals surface area contributed by atoms with Gasteiger partial charge in [-0.3, -0.25) is 0 Å². The summed E-state index contributed by atoms with van der Waals surface area (Å²) in [5.41, 5.74) is 4.48. The summed E-state index contributed by atoms with van der Waals surface area (Å²) < 4.78 is 1.86. The third kappa shape index (κ3) is 3.33. The quantitative estimate of drug-likeness (QED) is 0.709. The second-order valence-corrected chi connectivity index (χ2v) is 7.24. The van der Waals surface area contributed by atoms with E-state index in [0.29, 0.717) is 0 Å². The van der Waals surface area contributed by atoms with Gasteiger partial charge in [-0.05, 0) is 56.9 Å². The summed E-state index contributed by atoms with van der Waals surface area (Å²) in [4.78, 5) is 12.8. The number of carbonyl (C=O) groups excluding carboxylic acids is 1. The van der Waals surface area contributed by atoms with Crippen LogP contribution in [0.25, 0.3) is 5.69 Å². The van der Waals surface area contributed by atoms with Crippen molar-refractivity contribution in [1.82, 2.24) is 15.1 Å². The number of anilines is 1. The van der Waals surface area contributed by atoms with Gasteiger partial charge in [0.1, 0.15) is 0 Å². The van der Waals surface area contributed by atoms with Crippen LogP contribution >= 0.6 is 0 Å². The van der Waals surface area contributed by atoms with E-state index in [-0.39, 0.29) is 11.6 Å². The minimum Gasteiger partial charge on any atom is -0.328 e. The Balaban J connectivity index is 1.57. The van der Waals surface area contributed by atoms with E-state index >= 15 is 0 Å². The van der Waals surface area contributed by atoms with Gasteiger partial charge in [0.05, 0.1) is 22.6 Å². The number of rotatable bonds is 4. The van der Waals surface area contributed by atoms with Crippen molar-refractivity contribution in [3.63, 3.8) is 0 Å². The summed E-state index contributed by atoms with van der Waals surface area (Å²) in [5.74, 6) is 0. The van der Waals surface area contributed by atoms with Gasteiger partial charge in [-0.25, -0.2) is 9.48 Å². The highest BCUT2D eigenvalue weighted by atomic mass is 16.2. The maximum absolute atomic E-state index is 12.8. The van der Waals surface area contributed by atoms with Crippen molar-refractivity contribution in [3.8, 4) is 5.69 Å². The van der Waals surface area contributed by atoms with Crippen LogP contribution in [-0.4, -0.2) is 15.8 Å². The van der Waals surface area contributed by atoms with Gasteiger partial charge in [-0.2, -0.15) is 5.10 Å². The van der Waals surface area contributed by atoms with Crippen LogP contribution < -0.4 is 10.6 Å². The molecule has 1 heterocycles. The number of urea groups is 1. The second-order valence-electron chi connectivity index (χ2n) is 7.24.